The van der Waals surface area contributed by atoms with E-state index in [-0.39, 0.29) is 25.7 Å². The van der Waals surface area contributed by atoms with Crippen molar-refractivity contribution in [3.05, 3.63) is 0 Å². The van der Waals surface area contributed by atoms with Gasteiger partial charge in [-0.1, -0.05) is 241 Å². The molecule has 0 spiro atoms. The van der Waals surface area contributed by atoms with Gasteiger partial charge in [0.2, 0.25) is 0 Å². The van der Waals surface area contributed by atoms with Gasteiger partial charge in [0, 0.05) is 25.7 Å². The number of phosphoric acid groups is 2. The number of ether oxygens (including phenoxy) is 4. The second-order valence-electron chi connectivity index (χ2n) is 23.5. The van der Waals surface area contributed by atoms with E-state index in [0.717, 1.165) is 108 Å². The Morgan fingerprint density at radius 2 is 0.575 bits per heavy atom. The summed E-state index contributed by atoms with van der Waals surface area (Å²) in [5.74, 6) is 0.0246. The number of phosphoric ester groups is 2. The van der Waals surface area contributed by atoms with Crippen LogP contribution in [0.2, 0.25) is 0 Å². The van der Waals surface area contributed by atoms with Gasteiger partial charge >= 0.3 is 39.5 Å². The molecule has 0 heterocycles. The maximum atomic E-state index is 12.9. The fraction of sp³-hybridized carbons (Fsp3) is 0.934. The van der Waals surface area contributed by atoms with Gasteiger partial charge in [0.1, 0.15) is 19.3 Å². The number of hydrogen-bond acceptors (Lipinski definition) is 15. The second-order valence-corrected chi connectivity index (χ2v) is 26.4. The quantitative estimate of drug-likeness (QED) is 0.0222. The van der Waals surface area contributed by atoms with E-state index in [1.165, 1.54) is 96.3 Å². The third-order valence-corrected chi connectivity index (χ3v) is 15.8. The number of aliphatic hydroxyl groups excluding tert-OH is 1. The molecule has 3 N–H and O–H groups in total. The minimum absolute atomic E-state index is 0.101. The summed E-state index contributed by atoms with van der Waals surface area (Å²) in [6.07, 6.45) is 32.6. The lowest BCUT2D eigenvalue weighted by molar-refractivity contribution is -0.161. The maximum absolute atomic E-state index is 12.9. The lowest BCUT2D eigenvalue weighted by Crippen LogP contribution is -2.30. The van der Waals surface area contributed by atoms with Crippen LogP contribution in [0.4, 0.5) is 0 Å². The van der Waals surface area contributed by atoms with Crippen LogP contribution in [0, 0.1) is 17.8 Å². The van der Waals surface area contributed by atoms with E-state index < -0.39 is 97.5 Å². The molecule has 0 bridgehead atoms. The fourth-order valence-corrected chi connectivity index (χ4v) is 10.5. The largest absolute Gasteiger partial charge is 0.472 e. The Kier molecular flexibility index (Phi) is 51.3. The summed E-state index contributed by atoms with van der Waals surface area (Å²) in [6, 6.07) is 0. The smallest absolute Gasteiger partial charge is 0.462 e. The van der Waals surface area contributed by atoms with Gasteiger partial charge in [-0.05, 0) is 43.4 Å². The molecule has 474 valence electrons. The Hall–Kier alpha value is -1.94. The molecule has 0 aliphatic rings. The molecule has 5 atom stereocenters. The number of carbonyl (C=O) groups excluding carboxylic acids is 4. The summed E-state index contributed by atoms with van der Waals surface area (Å²) in [4.78, 5) is 71.8. The molecule has 2 unspecified atom stereocenters. The highest BCUT2D eigenvalue weighted by Gasteiger charge is 2.30. The van der Waals surface area contributed by atoms with Crippen molar-refractivity contribution in [2.75, 3.05) is 39.6 Å². The first kappa shape index (κ1) is 78.1. The summed E-state index contributed by atoms with van der Waals surface area (Å²) in [7, 11) is -9.87. The van der Waals surface area contributed by atoms with Gasteiger partial charge in [0.25, 0.3) is 0 Å². The number of unbranched alkanes of at least 4 members (excludes halogenated alkanes) is 27. The van der Waals surface area contributed by atoms with Crippen LogP contribution in [0.15, 0.2) is 0 Å². The van der Waals surface area contributed by atoms with Gasteiger partial charge in [0.05, 0.1) is 26.4 Å². The minimum atomic E-state index is -4.94. The highest BCUT2D eigenvalue weighted by atomic mass is 31.2. The normalized spacial score (nSPS) is 14.5. The van der Waals surface area contributed by atoms with Crippen molar-refractivity contribution < 1.29 is 80.2 Å². The minimum Gasteiger partial charge on any atom is -0.462 e. The van der Waals surface area contributed by atoms with Crippen LogP contribution in [0.1, 0.15) is 292 Å². The summed E-state index contributed by atoms with van der Waals surface area (Å²) in [5, 5.41) is 10.5. The summed E-state index contributed by atoms with van der Waals surface area (Å²) in [5.41, 5.74) is 0. The van der Waals surface area contributed by atoms with E-state index in [1.807, 2.05) is 0 Å². The first-order chi connectivity index (χ1) is 38.2. The van der Waals surface area contributed by atoms with Crippen LogP contribution in [-0.4, -0.2) is 96.7 Å². The molecule has 0 aliphatic carbocycles. The van der Waals surface area contributed by atoms with Crippen LogP contribution in [0.3, 0.4) is 0 Å². The van der Waals surface area contributed by atoms with Crippen LogP contribution in [-0.2, 0) is 65.4 Å². The molecule has 19 heteroatoms. The molecule has 17 nitrogen and oxygen atoms in total. The molecule has 0 fully saturated rings. The molecular weight excluding hydrogens is 1070 g/mol. The second kappa shape index (κ2) is 52.6. The van der Waals surface area contributed by atoms with Crippen molar-refractivity contribution in [1.82, 2.24) is 0 Å². The topological polar surface area (TPSA) is 237 Å². The third kappa shape index (κ3) is 55.3. The van der Waals surface area contributed by atoms with Crippen molar-refractivity contribution in [2.45, 2.75) is 311 Å². The molecule has 0 amide bonds. The monoisotopic (exact) mass is 1180 g/mol. The predicted octanol–water partition coefficient (Wildman–Crippen LogP) is 16.3. The Morgan fingerprint density at radius 1 is 0.338 bits per heavy atom. The van der Waals surface area contributed by atoms with Crippen molar-refractivity contribution in [2.24, 2.45) is 17.8 Å². The summed E-state index contributed by atoms with van der Waals surface area (Å²) < 4.78 is 67.7. The van der Waals surface area contributed by atoms with E-state index >= 15 is 0 Å². The Labute approximate surface area is 486 Å². The average molecular weight is 1190 g/mol. The van der Waals surface area contributed by atoms with Gasteiger partial charge in [-0.2, -0.15) is 0 Å². The Balaban J connectivity index is 5.19. The van der Waals surface area contributed by atoms with E-state index in [1.54, 1.807) is 0 Å². The first-order valence-corrected chi connectivity index (χ1v) is 34.8. The summed E-state index contributed by atoms with van der Waals surface area (Å²) in [6.45, 7) is 11.6. The lowest BCUT2D eigenvalue weighted by Gasteiger charge is -2.21. The molecule has 0 saturated heterocycles. The molecule has 0 rings (SSSR count). The molecule has 0 aliphatic heterocycles. The maximum Gasteiger partial charge on any atom is 0.472 e. The average Bonchev–Trinajstić information content (AvgIpc) is 3.40. The van der Waals surface area contributed by atoms with Crippen LogP contribution >= 0.6 is 15.6 Å². The number of esters is 4. The number of aliphatic hydroxyl groups is 1. The molecule has 0 aromatic carbocycles. The van der Waals surface area contributed by atoms with Crippen molar-refractivity contribution in [1.29, 1.82) is 0 Å². The van der Waals surface area contributed by atoms with Crippen molar-refractivity contribution >= 4 is 39.5 Å². The third-order valence-electron chi connectivity index (χ3n) is 13.9. The highest BCUT2D eigenvalue weighted by molar-refractivity contribution is 7.47. The fourth-order valence-electron chi connectivity index (χ4n) is 8.95. The standard InChI is InChI=1S/C61H118O17P2/c1-8-9-10-25-35-42-58(63)71-48-56(78-61(66)45-38-31-24-23-28-34-41-54(6)7)50-75-79(67,68)73-46-55(62)47-74-80(69,70)76-51-57(49-72-59(64)43-36-29-21-18-14-16-20-27-33-40-53(4)5)77-60(65)44-37-30-22-17-13-11-12-15-19-26-32-39-52(2)3/h52-57,62H,8-51H2,1-7H3,(H,67,68)(H,69,70)/t55-,56+,57+/m0/s1. The predicted molar refractivity (Wildman–Crippen MR) is 317 cm³/mol. The molecular formula is C61H118O17P2. The van der Waals surface area contributed by atoms with Crippen LogP contribution in [0.25, 0.3) is 0 Å². The van der Waals surface area contributed by atoms with Crippen molar-refractivity contribution in [3.8, 4) is 0 Å². The van der Waals surface area contributed by atoms with Crippen LogP contribution in [0.5, 0.6) is 0 Å². The van der Waals surface area contributed by atoms with Gasteiger partial charge in [-0.3, -0.25) is 37.3 Å². The van der Waals surface area contributed by atoms with Crippen molar-refractivity contribution in [3.63, 3.8) is 0 Å². The molecule has 0 aromatic rings. The van der Waals surface area contributed by atoms with E-state index in [2.05, 4.69) is 48.5 Å². The van der Waals surface area contributed by atoms with E-state index in [4.69, 9.17) is 37.0 Å². The van der Waals surface area contributed by atoms with Gasteiger partial charge in [-0.25, -0.2) is 9.13 Å². The molecule has 0 radical (unpaired) electrons. The Bertz CT molecular complexity index is 1600. The highest BCUT2D eigenvalue weighted by Crippen LogP contribution is 2.45. The molecule has 0 aromatic heterocycles. The lowest BCUT2D eigenvalue weighted by atomic mass is 10.0. The van der Waals surface area contributed by atoms with Gasteiger partial charge in [-0.15, -0.1) is 0 Å². The van der Waals surface area contributed by atoms with E-state index in [9.17, 15) is 43.2 Å². The van der Waals surface area contributed by atoms with Gasteiger partial charge < -0.3 is 33.8 Å². The number of carbonyl (C=O) groups is 4. The van der Waals surface area contributed by atoms with Gasteiger partial charge in [0.15, 0.2) is 12.2 Å². The van der Waals surface area contributed by atoms with E-state index in [0.29, 0.717) is 31.6 Å². The molecule has 80 heavy (non-hydrogen) atoms. The zero-order chi connectivity index (χ0) is 59.5. The summed E-state index contributed by atoms with van der Waals surface area (Å²) >= 11 is 0. The zero-order valence-corrected chi connectivity index (χ0v) is 53.3. The number of rotatable bonds is 59. The molecule has 0 saturated carbocycles. The zero-order valence-electron chi connectivity index (χ0n) is 51.5. The van der Waals surface area contributed by atoms with Crippen LogP contribution < -0.4 is 0 Å². The number of hydrogen-bond donors (Lipinski definition) is 3. The first-order valence-electron chi connectivity index (χ1n) is 31.8. The SMILES string of the molecule is CCCCCCCC(=O)OC[C@H](COP(=O)(O)OC[C@H](O)COP(=O)(O)OC[C@@H](COC(=O)CCCCCCCCCCCC(C)C)OC(=O)CCCCCCCCCCCCCC(C)C)OC(=O)CCCCCCCCC(C)C. The Morgan fingerprint density at radius 3 is 0.850 bits per heavy atom.